The van der Waals surface area contributed by atoms with Crippen molar-refractivity contribution in [1.82, 2.24) is 10.2 Å². The minimum atomic E-state index is -0.406. The van der Waals surface area contributed by atoms with E-state index in [2.05, 4.69) is 15.5 Å². The lowest BCUT2D eigenvalue weighted by molar-refractivity contribution is -0.385. The smallest absolute Gasteiger partial charge is 0.272 e. The highest BCUT2D eigenvalue weighted by Crippen LogP contribution is 2.34. The van der Waals surface area contributed by atoms with E-state index in [9.17, 15) is 10.1 Å². The van der Waals surface area contributed by atoms with Crippen molar-refractivity contribution in [3.05, 3.63) is 33.3 Å². The van der Waals surface area contributed by atoms with Crippen LogP contribution >= 0.6 is 23.1 Å². The van der Waals surface area contributed by atoms with Gasteiger partial charge in [0.2, 0.25) is 0 Å². The number of benzene rings is 1. The number of nitrogens with zero attached hydrogens (tertiary/aromatic N) is 3. The Morgan fingerprint density at radius 2 is 2.17 bits per heavy atom. The average Bonchev–Trinajstić information content (AvgIpc) is 2.74. The summed E-state index contributed by atoms with van der Waals surface area (Å²) >= 11 is 2.83. The Hall–Kier alpha value is -1.67. The van der Waals surface area contributed by atoms with Gasteiger partial charge >= 0.3 is 0 Å². The van der Waals surface area contributed by atoms with Crippen molar-refractivity contribution in [3.63, 3.8) is 0 Å². The Kier molecular flexibility index (Phi) is 3.78. The summed E-state index contributed by atoms with van der Waals surface area (Å²) in [5, 5.41) is 22.5. The lowest BCUT2D eigenvalue weighted by atomic mass is 10.3. The van der Waals surface area contributed by atoms with E-state index in [0.717, 1.165) is 14.2 Å². The Morgan fingerprint density at radius 3 is 2.72 bits per heavy atom. The molecular weight excluding hydrogens is 272 g/mol. The molecule has 0 amide bonds. The van der Waals surface area contributed by atoms with Crippen molar-refractivity contribution < 1.29 is 4.92 Å². The first-order valence-electron chi connectivity index (χ1n) is 5.03. The van der Waals surface area contributed by atoms with Gasteiger partial charge in [0.25, 0.3) is 5.69 Å². The minimum absolute atomic E-state index is 0.0607. The van der Waals surface area contributed by atoms with Gasteiger partial charge in [0.1, 0.15) is 5.01 Å². The van der Waals surface area contributed by atoms with E-state index in [1.54, 1.807) is 7.05 Å². The van der Waals surface area contributed by atoms with Crippen LogP contribution in [0.2, 0.25) is 0 Å². The van der Waals surface area contributed by atoms with Gasteiger partial charge in [0, 0.05) is 29.8 Å². The molecule has 0 atom stereocenters. The van der Waals surface area contributed by atoms with Crippen LogP contribution in [0.5, 0.6) is 0 Å². The van der Waals surface area contributed by atoms with Crippen LogP contribution in [0.4, 0.5) is 11.4 Å². The van der Waals surface area contributed by atoms with E-state index in [1.807, 2.05) is 13.0 Å². The van der Waals surface area contributed by atoms with Gasteiger partial charge in [-0.3, -0.25) is 10.1 Å². The fraction of sp³-hybridized carbons (Fsp3) is 0.200. The highest BCUT2D eigenvalue weighted by atomic mass is 32.2. The number of nitrogens with one attached hydrogen (secondary N) is 1. The van der Waals surface area contributed by atoms with Gasteiger partial charge < -0.3 is 5.32 Å². The van der Waals surface area contributed by atoms with Gasteiger partial charge in [0.05, 0.1) is 4.92 Å². The predicted octanol–water partition coefficient (Wildman–Crippen LogP) is 2.95. The Bertz CT molecular complexity index is 585. The molecule has 0 saturated heterocycles. The number of aryl methyl sites for hydroxylation is 1. The molecule has 0 radical (unpaired) electrons. The summed E-state index contributed by atoms with van der Waals surface area (Å²) in [6.07, 6.45) is 0. The molecule has 8 heteroatoms. The Labute approximate surface area is 112 Å². The Morgan fingerprint density at radius 1 is 1.39 bits per heavy atom. The van der Waals surface area contributed by atoms with E-state index < -0.39 is 4.92 Å². The van der Waals surface area contributed by atoms with Gasteiger partial charge in [-0.2, -0.15) is 0 Å². The fourth-order valence-electron chi connectivity index (χ4n) is 1.31. The standard InChI is InChI=1S/C10H10N4O2S2/c1-6-12-13-10(17-6)18-9-4-7(11-2)3-8(5-9)14(15)16/h3-5,11H,1-2H3. The molecular formula is C10H10N4O2S2. The number of nitro benzene ring substituents is 1. The van der Waals surface area contributed by atoms with Crippen LogP contribution in [0, 0.1) is 17.0 Å². The van der Waals surface area contributed by atoms with Crippen molar-refractivity contribution in [1.29, 1.82) is 0 Å². The lowest BCUT2D eigenvalue weighted by Gasteiger charge is -2.03. The summed E-state index contributed by atoms with van der Waals surface area (Å²) in [7, 11) is 1.72. The van der Waals surface area contributed by atoms with Gasteiger partial charge in [-0.1, -0.05) is 23.1 Å². The maximum atomic E-state index is 10.8. The average molecular weight is 282 g/mol. The molecule has 1 aromatic carbocycles. The first kappa shape index (κ1) is 12.8. The molecule has 18 heavy (non-hydrogen) atoms. The maximum absolute atomic E-state index is 10.8. The van der Waals surface area contributed by atoms with E-state index in [4.69, 9.17) is 0 Å². The third-order valence-electron chi connectivity index (χ3n) is 2.10. The number of aromatic nitrogens is 2. The first-order chi connectivity index (χ1) is 8.58. The van der Waals surface area contributed by atoms with Crippen molar-refractivity contribution in [2.75, 3.05) is 12.4 Å². The summed E-state index contributed by atoms with van der Waals surface area (Å²) in [6.45, 7) is 1.87. The number of anilines is 1. The van der Waals surface area contributed by atoms with Gasteiger partial charge in [0.15, 0.2) is 4.34 Å². The minimum Gasteiger partial charge on any atom is -0.388 e. The normalized spacial score (nSPS) is 10.3. The quantitative estimate of drug-likeness (QED) is 0.686. The zero-order chi connectivity index (χ0) is 13.1. The summed E-state index contributed by atoms with van der Waals surface area (Å²) in [6, 6.07) is 4.87. The zero-order valence-corrected chi connectivity index (χ0v) is 11.3. The highest BCUT2D eigenvalue weighted by Gasteiger charge is 2.11. The molecule has 0 aliphatic rings. The van der Waals surface area contributed by atoms with Crippen molar-refractivity contribution in [3.8, 4) is 0 Å². The van der Waals surface area contributed by atoms with Crippen molar-refractivity contribution in [2.24, 2.45) is 0 Å². The lowest BCUT2D eigenvalue weighted by Crippen LogP contribution is -1.93. The highest BCUT2D eigenvalue weighted by molar-refractivity contribution is 8.01. The molecule has 6 nitrogen and oxygen atoms in total. The van der Waals surface area contributed by atoms with Crippen LogP contribution in [0.15, 0.2) is 27.4 Å². The van der Waals surface area contributed by atoms with Crippen LogP contribution < -0.4 is 5.32 Å². The summed E-state index contributed by atoms with van der Waals surface area (Å²) in [5.41, 5.74) is 0.763. The molecule has 0 bridgehead atoms. The topological polar surface area (TPSA) is 81.0 Å². The third kappa shape index (κ3) is 2.96. The third-order valence-corrected chi connectivity index (χ3v) is 3.96. The second-order valence-electron chi connectivity index (χ2n) is 3.41. The molecule has 94 valence electrons. The molecule has 1 N–H and O–H groups in total. The fourth-order valence-corrected chi connectivity index (χ4v) is 3.19. The maximum Gasteiger partial charge on any atom is 0.272 e. The molecule has 2 rings (SSSR count). The van der Waals surface area contributed by atoms with Crippen molar-refractivity contribution in [2.45, 2.75) is 16.2 Å². The summed E-state index contributed by atoms with van der Waals surface area (Å²) < 4.78 is 0.773. The summed E-state index contributed by atoms with van der Waals surface area (Å²) in [5.74, 6) is 0. The molecule has 0 fully saturated rings. The second kappa shape index (κ2) is 5.32. The number of nitro groups is 1. The first-order valence-corrected chi connectivity index (χ1v) is 6.67. The van der Waals surface area contributed by atoms with Gasteiger partial charge in [-0.15, -0.1) is 10.2 Å². The molecule has 1 aromatic heterocycles. The number of non-ortho nitro benzene ring substituents is 1. The summed E-state index contributed by atoms with van der Waals surface area (Å²) in [4.78, 5) is 11.2. The molecule has 2 aromatic rings. The monoisotopic (exact) mass is 282 g/mol. The van der Waals surface area contributed by atoms with E-state index in [1.165, 1.54) is 35.2 Å². The molecule has 0 aliphatic heterocycles. The van der Waals surface area contributed by atoms with Crippen LogP contribution in [0.25, 0.3) is 0 Å². The van der Waals surface area contributed by atoms with E-state index in [-0.39, 0.29) is 5.69 Å². The van der Waals surface area contributed by atoms with E-state index in [0.29, 0.717) is 5.69 Å². The predicted molar refractivity (Wildman–Crippen MR) is 71.4 cm³/mol. The van der Waals surface area contributed by atoms with Crippen molar-refractivity contribution >= 4 is 34.5 Å². The largest absolute Gasteiger partial charge is 0.388 e. The number of rotatable bonds is 4. The second-order valence-corrected chi connectivity index (χ2v) is 5.91. The van der Waals surface area contributed by atoms with Crippen LogP contribution in [0.1, 0.15) is 5.01 Å². The van der Waals surface area contributed by atoms with Gasteiger partial charge in [-0.25, -0.2) is 0 Å². The van der Waals surface area contributed by atoms with Crippen LogP contribution in [-0.2, 0) is 0 Å². The molecule has 1 heterocycles. The molecule has 0 unspecified atom stereocenters. The molecule has 0 spiro atoms. The molecule has 0 aliphatic carbocycles. The SMILES string of the molecule is CNc1cc(Sc2nnc(C)s2)cc([N+](=O)[O-])c1. The zero-order valence-electron chi connectivity index (χ0n) is 9.71. The van der Waals surface area contributed by atoms with Crippen LogP contribution in [-0.4, -0.2) is 22.2 Å². The molecule has 0 saturated carbocycles. The number of hydrogen-bond donors (Lipinski definition) is 1. The van der Waals surface area contributed by atoms with Gasteiger partial charge in [-0.05, 0) is 13.0 Å². The Balaban J connectivity index is 2.32. The van der Waals surface area contributed by atoms with E-state index >= 15 is 0 Å². The van der Waals surface area contributed by atoms with Crippen LogP contribution in [0.3, 0.4) is 0 Å². The number of hydrogen-bond acceptors (Lipinski definition) is 7.